The molecule has 0 aliphatic rings. The molecule has 0 spiro atoms. The van der Waals surface area contributed by atoms with Gasteiger partial charge in [0.25, 0.3) is 5.69 Å². The number of carbonyl (C=O) groups excluding carboxylic acids is 1. The zero-order chi connectivity index (χ0) is 19.0. The normalized spacial score (nSPS) is 12.3. The van der Waals surface area contributed by atoms with Gasteiger partial charge >= 0.3 is 88.4 Å². The molecule has 0 bridgehead atoms. The molecule has 0 fully saturated rings. The van der Waals surface area contributed by atoms with Gasteiger partial charge in [0.05, 0.1) is 4.92 Å². The van der Waals surface area contributed by atoms with Crippen LogP contribution in [0.3, 0.4) is 0 Å². The van der Waals surface area contributed by atoms with Crippen molar-refractivity contribution in [2.24, 2.45) is 0 Å². The molecule has 11 heteroatoms. The number of nitrogen functional groups attached to an aromatic ring is 1. The Bertz CT molecular complexity index is 795. The van der Waals surface area contributed by atoms with Gasteiger partial charge in [0, 0.05) is 6.07 Å². The molecule has 134 valence electrons. The molecule has 0 saturated carbocycles. The topological polar surface area (TPSA) is 165 Å². The number of nitrogens with one attached hydrogen (secondary N) is 1. The number of rotatable bonds is 4. The number of nitro groups is 1. The zero-order valence-electron chi connectivity index (χ0n) is 13.0. The quantitative estimate of drug-likeness (QED) is 0.189. The minimum atomic E-state index is -4.76. The Labute approximate surface area is 145 Å². The van der Waals surface area contributed by atoms with Gasteiger partial charge in [-0.15, -0.1) is 0 Å². The Morgan fingerprint density at radius 1 is 1.24 bits per heavy atom. The number of hydrogen-bond acceptors (Lipinski definition) is 7. The van der Waals surface area contributed by atoms with Crippen molar-refractivity contribution in [1.82, 2.24) is 0 Å². The summed E-state index contributed by atoms with van der Waals surface area (Å²) in [4.78, 5) is 20.3. The number of carbonyl (C=O) groups is 1. The number of benzene rings is 2. The van der Waals surface area contributed by atoms with Crippen LogP contribution in [-0.4, -0.2) is 34.4 Å². The maximum absolute atomic E-state index is 11.2. The molecule has 1 atom stereocenters. The molecule has 0 radical (unpaired) electrons. The second kappa shape index (κ2) is 8.99. The van der Waals surface area contributed by atoms with Crippen LogP contribution in [0.25, 0.3) is 0 Å². The van der Waals surface area contributed by atoms with Crippen LogP contribution in [0.5, 0.6) is 0 Å². The van der Waals surface area contributed by atoms with E-state index in [4.69, 9.17) is 15.1 Å². The molecule has 25 heavy (non-hydrogen) atoms. The molecule has 1 unspecified atom stereocenters. The number of nitro benzene ring substituents is 1. The van der Waals surface area contributed by atoms with Crippen molar-refractivity contribution in [2.45, 2.75) is 6.92 Å². The number of hydrogen-bond donors (Lipinski definition) is 4. The molecular formula is C14H16AsN3O7. The Hall–Kier alpha value is -2.65. The van der Waals surface area contributed by atoms with Crippen molar-refractivity contribution < 1.29 is 26.7 Å². The van der Waals surface area contributed by atoms with Crippen molar-refractivity contribution in [1.29, 1.82) is 0 Å². The summed E-state index contributed by atoms with van der Waals surface area (Å²) >= 11 is -4.76. The molecule has 0 aliphatic carbocycles. The van der Waals surface area contributed by atoms with Crippen LogP contribution in [0.2, 0.25) is 0 Å². The van der Waals surface area contributed by atoms with Crippen LogP contribution in [0, 0.1) is 10.1 Å². The second-order valence-corrected chi connectivity index (χ2v) is 8.26. The Morgan fingerprint density at radius 2 is 1.80 bits per heavy atom. The number of para-hydroxylation sites is 2. The maximum Gasteiger partial charge on any atom is 0.292 e. The van der Waals surface area contributed by atoms with E-state index < -0.39 is 19.1 Å². The van der Waals surface area contributed by atoms with Gasteiger partial charge in [-0.25, -0.2) is 0 Å². The van der Waals surface area contributed by atoms with Crippen molar-refractivity contribution >= 4 is 41.5 Å². The zero-order valence-corrected chi connectivity index (χ0v) is 14.9. The molecular weight excluding hydrogens is 397 g/mol. The molecule has 10 nitrogen and oxygen atoms in total. The fourth-order valence-electron chi connectivity index (χ4n) is 1.64. The minimum Gasteiger partial charge on any atom is -0.393 e. The van der Waals surface area contributed by atoms with Crippen LogP contribution in [-0.2, 0) is 12.4 Å². The molecule has 0 aliphatic heterocycles. The SMILES string of the molecule is CC(=O)Nc1ccc([As](=O)(O)OO)cc1.Nc1ccccc1[N+](=O)[O-]. The number of amides is 1. The standard InChI is InChI=1S/C8H10AsNO5.C6H6N2O2/c1-6(11)10-8-4-2-7(3-5-8)9(12,13)15-14;7-5-3-1-2-4-6(5)8(9)10/h2-5,14H,1H3,(H,10,11)(H,12,13);1-4H,7H2. The van der Waals surface area contributed by atoms with E-state index in [0.29, 0.717) is 5.69 Å². The van der Waals surface area contributed by atoms with Crippen molar-refractivity contribution in [3.05, 3.63) is 58.6 Å². The van der Waals surface area contributed by atoms with Gasteiger partial charge in [-0.1, -0.05) is 12.1 Å². The van der Waals surface area contributed by atoms with Crippen LogP contribution in [0.4, 0.5) is 17.1 Å². The molecule has 5 N–H and O–H groups in total. The first-order valence-electron chi connectivity index (χ1n) is 6.70. The molecule has 2 aromatic carbocycles. The first-order valence-corrected chi connectivity index (χ1v) is 10.0. The molecule has 0 saturated heterocycles. The van der Waals surface area contributed by atoms with Gasteiger partial charge in [0.15, 0.2) is 0 Å². The summed E-state index contributed by atoms with van der Waals surface area (Å²) < 4.78 is 23.8. The van der Waals surface area contributed by atoms with E-state index >= 15 is 0 Å². The first-order chi connectivity index (χ1) is 11.7. The third kappa shape index (κ3) is 6.40. The van der Waals surface area contributed by atoms with Gasteiger partial charge in [0.2, 0.25) is 0 Å². The van der Waals surface area contributed by atoms with Gasteiger partial charge in [-0.05, 0) is 6.07 Å². The number of nitrogens with two attached hydrogens (primary N) is 1. The van der Waals surface area contributed by atoms with Crippen molar-refractivity contribution in [2.75, 3.05) is 11.1 Å². The van der Waals surface area contributed by atoms with E-state index in [-0.39, 0.29) is 21.6 Å². The van der Waals surface area contributed by atoms with E-state index in [1.54, 1.807) is 12.1 Å². The number of anilines is 2. The van der Waals surface area contributed by atoms with Gasteiger partial charge in [-0.3, -0.25) is 10.1 Å². The summed E-state index contributed by atoms with van der Waals surface area (Å²) in [6, 6.07) is 11.6. The molecule has 2 aromatic rings. The maximum atomic E-state index is 11.2. The fraction of sp³-hybridized carbons (Fsp3) is 0.0714. The molecule has 0 heterocycles. The summed E-state index contributed by atoms with van der Waals surface area (Å²) in [5, 5.41) is 20.8. The Balaban J connectivity index is 0.000000271. The number of nitrogens with zero attached hydrogens (tertiary/aromatic N) is 1. The van der Waals surface area contributed by atoms with E-state index in [0.717, 1.165) is 0 Å². The largest absolute Gasteiger partial charge is 0.393 e. The Kier molecular flexibility index (Phi) is 7.34. The van der Waals surface area contributed by atoms with Gasteiger partial charge in [0.1, 0.15) is 5.69 Å². The van der Waals surface area contributed by atoms with Crippen LogP contribution < -0.4 is 15.4 Å². The smallest absolute Gasteiger partial charge is 0.292 e. The summed E-state index contributed by atoms with van der Waals surface area (Å²) in [5.74, 6) is -0.237. The van der Waals surface area contributed by atoms with Crippen molar-refractivity contribution in [3.63, 3.8) is 0 Å². The monoisotopic (exact) mass is 413 g/mol. The van der Waals surface area contributed by atoms with Crippen LogP contribution in [0.15, 0.2) is 48.5 Å². The van der Waals surface area contributed by atoms with E-state index in [1.165, 1.54) is 43.3 Å². The summed E-state index contributed by atoms with van der Waals surface area (Å²) in [5.41, 5.74) is 5.94. The minimum absolute atomic E-state index is 0.00438. The average Bonchev–Trinajstić information content (AvgIpc) is 2.55. The second-order valence-electron chi connectivity index (χ2n) is 4.65. The van der Waals surface area contributed by atoms with E-state index in [9.17, 15) is 18.6 Å². The predicted octanol–water partition coefficient (Wildman–Crippen LogP) is 0.880. The predicted molar refractivity (Wildman–Crippen MR) is 90.3 cm³/mol. The summed E-state index contributed by atoms with van der Waals surface area (Å²) in [6.45, 7) is 1.35. The third-order valence-electron chi connectivity index (χ3n) is 2.76. The van der Waals surface area contributed by atoms with E-state index in [1.807, 2.05) is 0 Å². The Morgan fingerprint density at radius 3 is 2.20 bits per heavy atom. The third-order valence-corrected chi connectivity index (χ3v) is 5.22. The molecule has 2 rings (SSSR count). The summed E-state index contributed by atoms with van der Waals surface area (Å²) in [7, 11) is 0. The van der Waals surface area contributed by atoms with Crippen LogP contribution >= 0.6 is 0 Å². The summed E-state index contributed by atoms with van der Waals surface area (Å²) in [6.07, 6.45) is 0. The van der Waals surface area contributed by atoms with Crippen LogP contribution in [0.1, 0.15) is 6.92 Å². The van der Waals surface area contributed by atoms with E-state index in [2.05, 4.69) is 9.19 Å². The average molecular weight is 413 g/mol. The fourth-order valence-corrected chi connectivity index (χ4v) is 2.94. The van der Waals surface area contributed by atoms with Gasteiger partial charge in [-0.2, -0.15) is 0 Å². The molecule has 1 amide bonds. The first kappa shape index (κ1) is 20.4. The van der Waals surface area contributed by atoms with Gasteiger partial charge < -0.3 is 5.73 Å². The molecule has 0 aromatic heterocycles. The van der Waals surface area contributed by atoms with Crippen molar-refractivity contribution in [3.8, 4) is 0 Å².